The van der Waals surface area contributed by atoms with Crippen LogP contribution in [0.15, 0.2) is 18.2 Å². The van der Waals surface area contributed by atoms with Crippen LogP contribution in [-0.2, 0) is 11.3 Å². The second kappa shape index (κ2) is 4.40. The van der Waals surface area contributed by atoms with E-state index in [1.165, 1.54) is 0 Å². The summed E-state index contributed by atoms with van der Waals surface area (Å²) in [6.45, 7) is 2.34. The third-order valence-electron chi connectivity index (χ3n) is 2.32. The number of carbonyl (C=O) groups is 1. The Balaban J connectivity index is 1.98. The van der Waals surface area contributed by atoms with Gasteiger partial charge in [-0.15, -0.1) is 0 Å². The van der Waals surface area contributed by atoms with Gasteiger partial charge in [-0.3, -0.25) is 4.79 Å². The summed E-state index contributed by atoms with van der Waals surface area (Å²) in [5, 5.41) is 2.73. The van der Waals surface area contributed by atoms with Gasteiger partial charge in [0.15, 0.2) is 11.5 Å². The van der Waals surface area contributed by atoms with Gasteiger partial charge in [0.25, 0.3) is 0 Å². The number of carbonyl (C=O) groups excluding carboxylic acids is 1. The SMILES string of the molecule is C[C@H](N)C(=O)NCc1ccc2c(c1)OCO2. The summed E-state index contributed by atoms with van der Waals surface area (Å²) in [4.78, 5) is 11.3. The van der Waals surface area contributed by atoms with Crippen LogP contribution in [0.1, 0.15) is 12.5 Å². The van der Waals surface area contributed by atoms with Gasteiger partial charge in [0, 0.05) is 6.54 Å². The molecule has 5 heteroatoms. The molecule has 1 aliphatic rings. The molecule has 2 rings (SSSR count). The molecule has 16 heavy (non-hydrogen) atoms. The molecule has 0 aromatic heterocycles. The highest BCUT2D eigenvalue weighted by molar-refractivity contribution is 5.80. The molecule has 1 atom stereocenters. The van der Waals surface area contributed by atoms with Crippen molar-refractivity contribution in [3.8, 4) is 11.5 Å². The summed E-state index contributed by atoms with van der Waals surface area (Å²) >= 11 is 0. The van der Waals surface area contributed by atoms with Crippen LogP contribution in [0, 0.1) is 0 Å². The van der Waals surface area contributed by atoms with Gasteiger partial charge in [-0.25, -0.2) is 0 Å². The number of fused-ring (bicyclic) bond motifs is 1. The first-order valence-electron chi connectivity index (χ1n) is 5.08. The van der Waals surface area contributed by atoms with E-state index in [1.54, 1.807) is 6.92 Å². The molecule has 0 bridgehead atoms. The summed E-state index contributed by atoms with van der Waals surface area (Å²) in [6, 6.07) is 5.07. The zero-order valence-corrected chi connectivity index (χ0v) is 9.03. The normalized spacial score (nSPS) is 14.6. The molecule has 0 saturated heterocycles. The molecule has 0 aliphatic carbocycles. The fraction of sp³-hybridized carbons (Fsp3) is 0.364. The summed E-state index contributed by atoms with van der Waals surface area (Å²) in [7, 11) is 0. The van der Waals surface area contributed by atoms with Crippen molar-refractivity contribution in [3.63, 3.8) is 0 Å². The van der Waals surface area contributed by atoms with Crippen LogP contribution < -0.4 is 20.5 Å². The number of nitrogens with one attached hydrogen (secondary N) is 1. The number of rotatable bonds is 3. The maximum atomic E-state index is 11.3. The minimum atomic E-state index is -0.492. The quantitative estimate of drug-likeness (QED) is 0.775. The molecule has 0 unspecified atom stereocenters. The number of ether oxygens (including phenoxy) is 2. The van der Waals surface area contributed by atoms with Crippen molar-refractivity contribution in [2.45, 2.75) is 19.5 Å². The molecule has 0 saturated carbocycles. The molecular weight excluding hydrogens is 208 g/mol. The average Bonchev–Trinajstić information content (AvgIpc) is 2.72. The van der Waals surface area contributed by atoms with E-state index in [0.29, 0.717) is 12.3 Å². The molecule has 5 nitrogen and oxygen atoms in total. The number of amides is 1. The molecule has 86 valence electrons. The molecule has 3 N–H and O–H groups in total. The van der Waals surface area contributed by atoms with Gasteiger partial charge in [-0.05, 0) is 24.6 Å². The van der Waals surface area contributed by atoms with Crippen LogP contribution in [0.4, 0.5) is 0 Å². The van der Waals surface area contributed by atoms with Crippen molar-refractivity contribution >= 4 is 5.91 Å². The molecule has 1 aromatic rings. The lowest BCUT2D eigenvalue weighted by Gasteiger charge is -2.08. The van der Waals surface area contributed by atoms with Crippen molar-refractivity contribution in [2.75, 3.05) is 6.79 Å². The Morgan fingerprint density at radius 2 is 2.25 bits per heavy atom. The van der Waals surface area contributed by atoms with E-state index >= 15 is 0 Å². The highest BCUT2D eigenvalue weighted by Crippen LogP contribution is 2.32. The third-order valence-corrected chi connectivity index (χ3v) is 2.32. The fourth-order valence-electron chi connectivity index (χ4n) is 1.40. The second-order valence-electron chi connectivity index (χ2n) is 3.69. The van der Waals surface area contributed by atoms with Crippen LogP contribution in [0.3, 0.4) is 0 Å². The van der Waals surface area contributed by atoms with Gasteiger partial charge < -0.3 is 20.5 Å². The predicted molar refractivity (Wildman–Crippen MR) is 58.1 cm³/mol. The predicted octanol–water partition coefficient (Wildman–Crippen LogP) is 0.379. The van der Waals surface area contributed by atoms with Crippen molar-refractivity contribution in [2.24, 2.45) is 5.73 Å². The third kappa shape index (κ3) is 2.25. The standard InChI is InChI=1S/C11H14N2O3/c1-7(12)11(14)13-5-8-2-3-9-10(4-8)16-6-15-9/h2-4,7H,5-6,12H2,1H3,(H,13,14)/t7-/m0/s1. The van der Waals surface area contributed by atoms with Crippen LogP contribution in [0.25, 0.3) is 0 Å². The summed E-state index contributed by atoms with van der Waals surface area (Å²) in [5.74, 6) is 1.28. The molecule has 0 fully saturated rings. The van der Waals surface area contributed by atoms with E-state index in [0.717, 1.165) is 11.3 Å². The summed E-state index contributed by atoms with van der Waals surface area (Å²) in [5.41, 5.74) is 6.39. The lowest BCUT2D eigenvalue weighted by Crippen LogP contribution is -2.37. The minimum absolute atomic E-state index is 0.169. The Morgan fingerprint density at radius 3 is 3.00 bits per heavy atom. The lowest BCUT2D eigenvalue weighted by molar-refractivity contribution is -0.122. The number of nitrogens with two attached hydrogens (primary N) is 1. The molecular formula is C11H14N2O3. The van der Waals surface area contributed by atoms with Crippen molar-refractivity contribution in [1.29, 1.82) is 0 Å². The Hall–Kier alpha value is -1.75. The van der Waals surface area contributed by atoms with Gasteiger partial charge in [-0.2, -0.15) is 0 Å². The van der Waals surface area contributed by atoms with E-state index in [9.17, 15) is 4.79 Å². The Bertz CT molecular complexity index is 404. The van der Waals surface area contributed by atoms with Crippen molar-refractivity contribution < 1.29 is 14.3 Å². The first-order valence-corrected chi connectivity index (χ1v) is 5.08. The molecule has 1 heterocycles. The van der Waals surface area contributed by atoms with E-state index in [4.69, 9.17) is 15.2 Å². The minimum Gasteiger partial charge on any atom is -0.454 e. The van der Waals surface area contributed by atoms with Gasteiger partial charge in [0.2, 0.25) is 12.7 Å². The highest BCUT2D eigenvalue weighted by Gasteiger charge is 2.13. The van der Waals surface area contributed by atoms with E-state index in [-0.39, 0.29) is 12.7 Å². The zero-order valence-electron chi connectivity index (χ0n) is 9.03. The Labute approximate surface area is 93.5 Å². The average molecular weight is 222 g/mol. The Morgan fingerprint density at radius 1 is 1.50 bits per heavy atom. The molecule has 1 aromatic carbocycles. The fourth-order valence-corrected chi connectivity index (χ4v) is 1.40. The maximum absolute atomic E-state index is 11.3. The van der Waals surface area contributed by atoms with Gasteiger partial charge >= 0.3 is 0 Å². The lowest BCUT2D eigenvalue weighted by atomic mass is 10.2. The molecule has 0 spiro atoms. The summed E-state index contributed by atoms with van der Waals surface area (Å²) in [6.07, 6.45) is 0. The van der Waals surface area contributed by atoms with E-state index in [2.05, 4.69) is 5.32 Å². The number of hydrogen-bond acceptors (Lipinski definition) is 4. The smallest absolute Gasteiger partial charge is 0.236 e. The number of benzene rings is 1. The van der Waals surface area contributed by atoms with Crippen molar-refractivity contribution in [3.05, 3.63) is 23.8 Å². The van der Waals surface area contributed by atoms with E-state index in [1.807, 2.05) is 18.2 Å². The van der Waals surface area contributed by atoms with Gasteiger partial charge in [0.1, 0.15) is 0 Å². The van der Waals surface area contributed by atoms with Crippen LogP contribution in [0.2, 0.25) is 0 Å². The second-order valence-corrected chi connectivity index (χ2v) is 3.69. The van der Waals surface area contributed by atoms with Gasteiger partial charge in [0.05, 0.1) is 6.04 Å². The topological polar surface area (TPSA) is 73.6 Å². The first-order chi connectivity index (χ1) is 7.66. The first kappa shape index (κ1) is 10.8. The zero-order chi connectivity index (χ0) is 11.5. The Kier molecular flexibility index (Phi) is 2.96. The van der Waals surface area contributed by atoms with Crippen LogP contribution >= 0.6 is 0 Å². The highest BCUT2D eigenvalue weighted by atomic mass is 16.7. The largest absolute Gasteiger partial charge is 0.454 e. The monoisotopic (exact) mass is 222 g/mol. The maximum Gasteiger partial charge on any atom is 0.236 e. The van der Waals surface area contributed by atoms with Crippen LogP contribution in [0.5, 0.6) is 11.5 Å². The van der Waals surface area contributed by atoms with E-state index < -0.39 is 6.04 Å². The molecule has 1 amide bonds. The van der Waals surface area contributed by atoms with Crippen molar-refractivity contribution in [1.82, 2.24) is 5.32 Å². The summed E-state index contributed by atoms with van der Waals surface area (Å²) < 4.78 is 10.4. The van der Waals surface area contributed by atoms with Crippen LogP contribution in [-0.4, -0.2) is 18.7 Å². The molecule has 1 aliphatic heterocycles. The molecule has 0 radical (unpaired) electrons. The van der Waals surface area contributed by atoms with Gasteiger partial charge in [-0.1, -0.05) is 6.07 Å². The number of hydrogen-bond donors (Lipinski definition) is 2.